The van der Waals surface area contributed by atoms with Crippen molar-refractivity contribution in [3.05, 3.63) is 12.7 Å². The molecule has 1 fully saturated rings. The lowest BCUT2D eigenvalue weighted by Gasteiger charge is -2.37. The van der Waals surface area contributed by atoms with E-state index < -0.39 is 0 Å². The van der Waals surface area contributed by atoms with Crippen LogP contribution in [0.5, 0.6) is 0 Å². The van der Waals surface area contributed by atoms with Gasteiger partial charge in [-0.2, -0.15) is 0 Å². The maximum absolute atomic E-state index is 9.53. The van der Waals surface area contributed by atoms with E-state index >= 15 is 0 Å². The highest BCUT2D eigenvalue weighted by Gasteiger charge is 2.31. The summed E-state index contributed by atoms with van der Waals surface area (Å²) < 4.78 is 0. The standard InChI is InChI=1S/C10H18O/c1-4-8-7-10(2,3)6-5-9(8)11/h4,8-9,11H,1,5-7H2,2-3H3. The summed E-state index contributed by atoms with van der Waals surface area (Å²) in [5.41, 5.74) is 0.401. The fraction of sp³-hybridized carbons (Fsp3) is 0.800. The Hall–Kier alpha value is -0.300. The molecule has 1 heteroatoms. The molecule has 1 rings (SSSR count). The van der Waals surface area contributed by atoms with Crippen LogP contribution < -0.4 is 0 Å². The van der Waals surface area contributed by atoms with Gasteiger partial charge in [0.1, 0.15) is 0 Å². The minimum atomic E-state index is -0.138. The van der Waals surface area contributed by atoms with E-state index in [4.69, 9.17) is 0 Å². The van der Waals surface area contributed by atoms with Crippen molar-refractivity contribution in [2.24, 2.45) is 11.3 Å². The molecule has 0 heterocycles. The third-order valence-corrected chi connectivity index (χ3v) is 2.70. The first-order valence-corrected chi connectivity index (χ1v) is 4.36. The first kappa shape index (κ1) is 8.79. The summed E-state index contributed by atoms with van der Waals surface area (Å²) in [5.74, 6) is 0.318. The van der Waals surface area contributed by atoms with Gasteiger partial charge in [-0.1, -0.05) is 19.9 Å². The first-order chi connectivity index (χ1) is 5.05. The Kier molecular flexibility index (Phi) is 2.38. The highest BCUT2D eigenvalue weighted by Crippen LogP contribution is 2.38. The molecule has 1 nitrogen and oxygen atoms in total. The highest BCUT2D eigenvalue weighted by atomic mass is 16.3. The Bertz CT molecular complexity index is 149. The average Bonchev–Trinajstić information content (AvgIpc) is 1.94. The lowest BCUT2D eigenvalue weighted by atomic mass is 9.71. The normalized spacial score (nSPS) is 36.6. The second kappa shape index (κ2) is 2.98. The van der Waals surface area contributed by atoms with E-state index in [2.05, 4.69) is 20.4 Å². The third kappa shape index (κ3) is 2.06. The van der Waals surface area contributed by atoms with Crippen LogP contribution in [0, 0.1) is 11.3 Å². The van der Waals surface area contributed by atoms with Crippen molar-refractivity contribution in [3.8, 4) is 0 Å². The molecule has 2 unspecified atom stereocenters. The van der Waals surface area contributed by atoms with Crippen LogP contribution in [0.3, 0.4) is 0 Å². The summed E-state index contributed by atoms with van der Waals surface area (Å²) in [6.07, 6.45) is 4.91. The molecular weight excluding hydrogens is 136 g/mol. The van der Waals surface area contributed by atoms with Crippen molar-refractivity contribution in [1.29, 1.82) is 0 Å². The number of aliphatic hydroxyl groups excluding tert-OH is 1. The predicted molar refractivity (Wildman–Crippen MR) is 47.3 cm³/mol. The van der Waals surface area contributed by atoms with Gasteiger partial charge in [-0.05, 0) is 24.7 Å². The number of hydrogen-bond acceptors (Lipinski definition) is 1. The van der Waals surface area contributed by atoms with E-state index in [1.54, 1.807) is 0 Å². The van der Waals surface area contributed by atoms with Gasteiger partial charge in [0.2, 0.25) is 0 Å². The van der Waals surface area contributed by atoms with Crippen molar-refractivity contribution < 1.29 is 5.11 Å². The smallest absolute Gasteiger partial charge is 0.0603 e. The number of aliphatic hydroxyl groups is 1. The van der Waals surface area contributed by atoms with Crippen LogP contribution in [0.1, 0.15) is 33.1 Å². The molecule has 0 aromatic heterocycles. The van der Waals surface area contributed by atoms with Gasteiger partial charge in [-0.25, -0.2) is 0 Å². The zero-order valence-electron chi connectivity index (χ0n) is 7.51. The van der Waals surface area contributed by atoms with Crippen LogP contribution >= 0.6 is 0 Å². The Morgan fingerprint density at radius 3 is 2.64 bits per heavy atom. The van der Waals surface area contributed by atoms with Gasteiger partial charge in [0.25, 0.3) is 0 Å². The van der Waals surface area contributed by atoms with Crippen LogP contribution in [0.4, 0.5) is 0 Å². The molecule has 0 bridgehead atoms. The summed E-state index contributed by atoms with van der Waals surface area (Å²) in [7, 11) is 0. The molecule has 0 aromatic carbocycles. The Morgan fingerprint density at radius 2 is 2.18 bits per heavy atom. The Labute approximate surface area is 69.1 Å². The second-order valence-electron chi connectivity index (χ2n) is 4.37. The SMILES string of the molecule is C=CC1CC(C)(C)CCC1O. The van der Waals surface area contributed by atoms with Crippen molar-refractivity contribution in [2.45, 2.75) is 39.2 Å². The summed E-state index contributed by atoms with van der Waals surface area (Å²) in [6.45, 7) is 8.26. The number of rotatable bonds is 1. The van der Waals surface area contributed by atoms with Crippen molar-refractivity contribution >= 4 is 0 Å². The van der Waals surface area contributed by atoms with E-state index in [-0.39, 0.29) is 6.10 Å². The summed E-state index contributed by atoms with van der Waals surface area (Å²) in [6, 6.07) is 0. The van der Waals surface area contributed by atoms with Gasteiger partial charge in [0.05, 0.1) is 6.10 Å². The lowest BCUT2D eigenvalue weighted by molar-refractivity contribution is 0.0432. The van der Waals surface area contributed by atoms with Crippen LogP contribution in [-0.2, 0) is 0 Å². The predicted octanol–water partition coefficient (Wildman–Crippen LogP) is 2.36. The molecule has 0 amide bonds. The fourth-order valence-corrected chi connectivity index (χ4v) is 1.87. The zero-order chi connectivity index (χ0) is 8.48. The highest BCUT2D eigenvalue weighted by molar-refractivity contribution is 4.93. The molecule has 64 valence electrons. The minimum absolute atomic E-state index is 0.138. The van der Waals surface area contributed by atoms with Crippen molar-refractivity contribution in [3.63, 3.8) is 0 Å². The van der Waals surface area contributed by atoms with E-state index in [1.165, 1.54) is 0 Å². The van der Waals surface area contributed by atoms with E-state index in [0.29, 0.717) is 11.3 Å². The van der Waals surface area contributed by atoms with E-state index in [9.17, 15) is 5.11 Å². The summed E-state index contributed by atoms with van der Waals surface area (Å²) in [5, 5.41) is 9.53. The molecule has 0 spiro atoms. The van der Waals surface area contributed by atoms with Gasteiger partial charge >= 0.3 is 0 Å². The Balaban J connectivity index is 2.58. The maximum Gasteiger partial charge on any atom is 0.0603 e. The molecule has 0 radical (unpaired) electrons. The molecule has 0 aliphatic heterocycles. The van der Waals surface area contributed by atoms with Crippen LogP contribution in [0.2, 0.25) is 0 Å². The minimum Gasteiger partial charge on any atom is -0.393 e. The number of hydrogen-bond donors (Lipinski definition) is 1. The first-order valence-electron chi connectivity index (χ1n) is 4.36. The molecule has 0 aromatic rings. The van der Waals surface area contributed by atoms with E-state index in [0.717, 1.165) is 19.3 Å². The topological polar surface area (TPSA) is 20.2 Å². The monoisotopic (exact) mass is 154 g/mol. The molecule has 11 heavy (non-hydrogen) atoms. The average molecular weight is 154 g/mol. The van der Waals surface area contributed by atoms with Crippen LogP contribution in [-0.4, -0.2) is 11.2 Å². The lowest BCUT2D eigenvalue weighted by Crippen LogP contribution is -2.32. The third-order valence-electron chi connectivity index (χ3n) is 2.70. The largest absolute Gasteiger partial charge is 0.393 e. The quantitative estimate of drug-likeness (QED) is 0.575. The summed E-state index contributed by atoms with van der Waals surface area (Å²) >= 11 is 0. The van der Waals surface area contributed by atoms with E-state index in [1.807, 2.05) is 6.08 Å². The molecular formula is C10H18O. The van der Waals surface area contributed by atoms with Gasteiger partial charge in [-0.15, -0.1) is 6.58 Å². The van der Waals surface area contributed by atoms with Crippen LogP contribution in [0.15, 0.2) is 12.7 Å². The molecule has 1 aliphatic carbocycles. The molecule has 1 aliphatic rings. The summed E-state index contributed by atoms with van der Waals surface area (Å²) in [4.78, 5) is 0. The van der Waals surface area contributed by atoms with Crippen molar-refractivity contribution in [1.82, 2.24) is 0 Å². The molecule has 0 saturated heterocycles. The molecule has 1 N–H and O–H groups in total. The molecule has 2 atom stereocenters. The van der Waals surface area contributed by atoms with Gasteiger partial charge in [-0.3, -0.25) is 0 Å². The Morgan fingerprint density at radius 1 is 1.55 bits per heavy atom. The van der Waals surface area contributed by atoms with Gasteiger partial charge in [0.15, 0.2) is 0 Å². The second-order valence-corrected chi connectivity index (χ2v) is 4.37. The fourth-order valence-electron chi connectivity index (χ4n) is 1.87. The van der Waals surface area contributed by atoms with Crippen molar-refractivity contribution in [2.75, 3.05) is 0 Å². The maximum atomic E-state index is 9.53. The molecule has 1 saturated carbocycles. The van der Waals surface area contributed by atoms with Gasteiger partial charge < -0.3 is 5.11 Å². The zero-order valence-corrected chi connectivity index (χ0v) is 7.51. The van der Waals surface area contributed by atoms with Gasteiger partial charge in [0, 0.05) is 5.92 Å². The van der Waals surface area contributed by atoms with Crippen LogP contribution in [0.25, 0.3) is 0 Å².